The SMILES string of the molecule is Nc1cc(Cl)ccc1C(O)Cc1cc(F)cc(Br)c1. The summed E-state index contributed by atoms with van der Waals surface area (Å²) in [5, 5.41) is 10.7. The standard InChI is InChI=1S/C14H12BrClFNO/c15-9-3-8(4-11(17)6-9)5-14(19)12-2-1-10(16)7-13(12)18/h1-4,6-7,14,19H,5,18H2. The smallest absolute Gasteiger partial charge is 0.124 e. The van der Waals surface area contributed by atoms with Gasteiger partial charge in [0.15, 0.2) is 0 Å². The molecule has 0 saturated heterocycles. The normalized spacial score (nSPS) is 12.4. The van der Waals surface area contributed by atoms with Crippen molar-refractivity contribution in [2.45, 2.75) is 12.5 Å². The van der Waals surface area contributed by atoms with Gasteiger partial charge in [0.2, 0.25) is 0 Å². The molecule has 2 aromatic rings. The van der Waals surface area contributed by atoms with Crippen LogP contribution >= 0.6 is 27.5 Å². The lowest BCUT2D eigenvalue weighted by molar-refractivity contribution is 0.179. The van der Waals surface area contributed by atoms with Crippen LogP contribution in [-0.4, -0.2) is 5.11 Å². The highest BCUT2D eigenvalue weighted by molar-refractivity contribution is 9.10. The lowest BCUT2D eigenvalue weighted by atomic mass is 10.00. The van der Waals surface area contributed by atoms with Crippen LogP contribution in [0.4, 0.5) is 10.1 Å². The quantitative estimate of drug-likeness (QED) is 0.824. The molecule has 1 unspecified atom stereocenters. The van der Waals surface area contributed by atoms with Crippen LogP contribution in [-0.2, 0) is 6.42 Å². The Morgan fingerprint density at radius 2 is 2.00 bits per heavy atom. The van der Waals surface area contributed by atoms with Gasteiger partial charge in [0.05, 0.1) is 6.10 Å². The van der Waals surface area contributed by atoms with Crippen molar-refractivity contribution in [1.82, 2.24) is 0 Å². The number of halogens is 3. The summed E-state index contributed by atoms with van der Waals surface area (Å²) in [4.78, 5) is 0. The molecule has 2 aromatic carbocycles. The van der Waals surface area contributed by atoms with Crippen LogP contribution < -0.4 is 5.73 Å². The molecule has 0 radical (unpaired) electrons. The first kappa shape index (κ1) is 14.3. The second kappa shape index (κ2) is 5.90. The predicted octanol–water partition coefficient (Wildman–Crippen LogP) is 4.10. The van der Waals surface area contributed by atoms with E-state index in [1.165, 1.54) is 12.1 Å². The molecule has 0 bridgehead atoms. The maximum Gasteiger partial charge on any atom is 0.124 e. The molecule has 0 aromatic heterocycles. The minimum Gasteiger partial charge on any atom is -0.398 e. The number of aliphatic hydroxyl groups is 1. The molecule has 0 spiro atoms. The fourth-order valence-electron chi connectivity index (χ4n) is 1.91. The van der Waals surface area contributed by atoms with Crippen molar-refractivity contribution in [2.75, 3.05) is 5.73 Å². The summed E-state index contributed by atoms with van der Waals surface area (Å²) in [6.45, 7) is 0. The Labute approximate surface area is 124 Å². The Morgan fingerprint density at radius 1 is 1.26 bits per heavy atom. The van der Waals surface area contributed by atoms with Crippen LogP contribution in [0.2, 0.25) is 5.02 Å². The zero-order valence-electron chi connectivity index (χ0n) is 9.91. The number of aliphatic hydroxyl groups excluding tert-OH is 1. The molecular weight excluding hydrogens is 333 g/mol. The molecule has 0 aliphatic heterocycles. The van der Waals surface area contributed by atoms with E-state index in [9.17, 15) is 9.50 Å². The van der Waals surface area contributed by atoms with Crippen molar-refractivity contribution in [2.24, 2.45) is 0 Å². The van der Waals surface area contributed by atoms with Gasteiger partial charge in [0.1, 0.15) is 5.82 Å². The van der Waals surface area contributed by atoms with Crippen LogP contribution in [0.25, 0.3) is 0 Å². The average molecular weight is 345 g/mol. The highest BCUT2D eigenvalue weighted by atomic mass is 79.9. The summed E-state index contributed by atoms with van der Waals surface area (Å²) in [5.74, 6) is -0.347. The van der Waals surface area contributed by atoms with Crippen molar-refractivity contribution >= 4 is 33.2 Å². The molecule has 3 N–H and O–H groups in total. The first-order valence-electron chi connectivity index (χ1n) is 5.63. The maximum absolute atomic E-state index is 13.3. The van der Waals surface area contributed by atoms with Gasteiger partial charge in [-0.3, -0.25) is 0 Å². The number of anilines is 1. The van der Waals surface area contributed by atoms with Gasteiger partial charge in [-0.25, -0.2) is 4.39 Å². The Hall–Kier alpha value is -1.10. The van der Waals surface area contributed by atoms with Crippen LogP contribution in [0, 0.1) is 5.82 Å². The molecule has 1 atom stereocenters. The van der Waals surface area contributed by atoms with Gasteiger partial charge in [0.25, 0.3) is 0 Å². The monoisotopic (exact) mass is 343 g/mol. The van der Waals surface area contributed by atoms with Crippen LogP contribution in [0.15, 0.2) is 40.9 Å². The number of hydrogen-bond acceptors (Lipinski definition) is 2. The molecule has 0 heterocycles. The van der Waals surface area contributed by atoms with Gasteiger partial charge in [-0.15, -0.1) is 0 Å². The summed E-state index contributed by atoms with van der Waals surface area (Å²) in [6.07, 6.45) is -0.520. The number of hydrogen-bond donors (Lipinski definition) is 2. The van der Waals surface area contributed by atoms with Gasteiger partial charge in [-0.1, -0.05) is 33.6 Å². The molecule has 0 amide bonds. The third kappa shape index (κ3) is 3.69. The Balaban J connectivity index is 2.22. The predicted molar refractivity (Wildman–Crippen MR) is 78.6 cm³/mol. The highest BCUT2D eigenvalue weighted by Gasteiger charge is 2.13. The molecular formula is C14H12BrClFNO. The van der Waals surface area contributed by atoms with Gasteiger partial charge in [0, 0.05) is 27.2 Å². The topological polar surface area (TPSA) is 46.2 Å². The molecule has 2 nitrogen and oxygen atoms in total. The summed E-state index contributed by atoms with van der Waals surface area (Å²) in [6, 6.07) is 9.45. The van der Waals surface area contributed by atoms with E-state index in [1.54, 1.807) is 24.3 Å². The van der Waals surface area contributed by atoms with Gasteiger partial charge < -0.3 is 10.8 Å². The lowest BCUT2D eigenvalue weighted by Crippen LogP contribution is -2.05. The lowest BCUT2D eigenvalue weighted by Gasteiger charge is -2.14. The van der Waals surface area contributed by atoms with Crippen LogP contribution in [0.3, 0.4) is 0 Å². The van der Waals surface area contributed by atoms with Gasteiger partial charge in [-0.2, -0.15) is 0 Å². The van der Waals surface area contributed by atoms with Crippen LogP contribution in [0.5, 0.6) is 0 Å². The Bertz CT molecular complexity index is 586. The summed E-state index contributed by atoms with van der Waals surface area (Å²) in [7, 11) is 0. The number of nitrogens with two attached hydrogens (primary N) is 1. The third-order valence-corrected chi connectivity index (χ3v) is 3.45. The van der Waals surface area contributed by atoms with Gasteiger partial charge in [-0.05, 0) is 35.9 Å². The Kier molecular flexibility index (Phi) is 4.45. The van der Waals surface area contributed by atoms with E-state index in [0.29, 0.717) is 26.3 Å². The Morgan fingerprint density at radius 3 is 2.63 bits per heavy atom. The van der Waals surface area contributed by atoms with E-state index >= 15 is 0 Å². The molecule has 100 valence electrons. The van der Waals surface area contributed by atoms with E-state index in [0.717, 1.165) is 0 Å². The summed E-state index contributed by atoms with van der Waals surface area (Å²) >= 11 is 9.03. The molecule has 0 saturated carbocycles. The zero-order valence-corrected chi connectivity index (χ0v) is 12.2. The molecule has 0 aliphatic rings. The van der Waals surface area contributed by atoms with E-state index in [4.69, 9.17) is 17.3 Å². The number of nitrogen functional groups attached to an aromatic ring is 1. The van der Waals surface area contributed by atoms with Crippen LogP contribution in [0.1, 0.15) is 17.2 Å². The molecule has 0 aliphatic carbocycles. The van der Waals surface area contributed by atoms with Crippen molar-refractivity contribution in [3.8, 4) is 0 Å². The van der Waals surface area contributed by atoms with Gasteiger partial charge >= 0.3 is 0 Å². The number of benzene rings is 2. The minimum absolute atomic E-state index is 0.280. The first-order valence-corrected chi connectivity index (χ1v) is 6.81. The average Bonchev–Trinajstić information content (AvgIpc) is 2.26. The number of rotatable bonds is 3. The minimum atomic E-state index is -0.800. The fourth-order valence-corrected chi connectivity index (χ4v) is 2.60. The second-order valence-corrected chi connectivity index (χ2v) is 5.62. The fraction of sp³-hybridized carbons (Fsp3) is 0.143. The van der Waals surface area contributed by atoms with Crippen molar-refractivity contribution < 1.29 is 9.50 Å². The maximum atomic E-state index is 13.3. The molecule has 2 rings (SSSR count). The van der Waals surface area contributed by atoms with E-state index in [1.807, 2.05) is 0 Å². The first-order chi connectivity index (χ1) is 8.95. The second-order valence-electron chi connectivity index (χ2n) is 4.27. The summed E-state index contributed by atoms with van der Waals surface area (Å²) in [5.41, 5.74) is 7.51. The zero-order chi connectivity index (χ0) is 14.0. The largest absolute Gasteiger partial charge is 0.398 e. The van der Waals surface area contributed by atoms with Crippen molar-refractivity contribution in [3.05, 3.63) is 62.8 Å². The molecule has 5 heteroatoms. The van der Waals surface area contributed by atoms with Crippen molar-refractivity contribution in [1.29, 1.82) is 0 Å². The summed E-state index contributed by atoms with van der Waals surface area (Å²) < 4.78 is 13.9. The molecule has 19 heavy (non-hydrogen) atoms. The van der Waals surface area contributed by atoms with E-state index in [2.05, 4.69) is 15.9 Å². The molecule has 0 fully saturated rings. The highest BCUT2D eigenvalue weighted by Crippen LogP contribution is 2.27. The van der Waals surface area contributed by atoms with E-state index < -0.39 is 6.10 Å². The third-order valence-electron chi connectivity index (χ3n) is 2.76. The van der Waals surface area contributed by atoms with E-state index in [-0.39, 0.29) is 12.2 Å². The van der Waals surface area contributed by atoms with Crippen molar-refractivity contribution in [3.63, 3.8) is 0 Å².